The van der Waals surface area contributed by atoms with Crippen LogP contribution in [0.3, 0.4) is 0 Å². The maximum absolute atomic E-state index is 12.5. The average Bonchev–Trinajstić information content (AvgIpc) is 2.41. The molecule has 0 fully saturated rings. The molecule has 0 saturated carbocycles. The lowest BCUT2D eigenvalue weighted by Crippen LogP contribution is -2.33. The van der Waals surface area contributed by atoms with Gasteiger partial charge in [0.15, 0.2) is 5.78 Å². The van der Waals surface area contributed by atoms with Gasteiger partial charge in [-0.2, -0.15) is 0 Å². The minimum atomic E-state index is -0.386. The molecule has 0 aliphatic heterocycles. The van der Waals surface area contributed by atoms with Crippen LogP contribution in [-0.4, -0.2) is 19.2 Å². The van der Waals surface area contributed by atoms with E-state index in [2.05, 4.69) is 0 Å². The summed E-state index contributed by atoms with van der Waals surface area (Å²) in [5.41, 5.74) is 1.46. The summed E-state index contributed by atoms with van der Waals surface area (Å²) in [6.45, 7) is 1.96. The van der Waals surface area contributed by atoms with Crippen molar-refractivity contribution in [2.75, 3.05) is 7.11 Å². The van der Waals surface area contributed by atoms with E-state index in [1.165, 1.54) is 0 Å². The van der Waals surface area contributed by atoms with Crippen LogP contribution in [-0.2, 0) is 11.2 Å². The van der Waals surface area contributed by atoms with E-state index in [9.17, 15) is 9.59 Å². The first kappa shape index (κ1) is 12.8. The Balaban J connectivity index is 2.31. The van der Waals surface area contributed by atoms with Crippen molar-refractivity contribution in [2.24, 2.45) is 5.41 Å². The molecule has 3 heteroatoms. The van der Waals surface area contributed by atoms with Crippen LogP contribution in [0.5, 0.6) is 5.75 Å². The second-order valence-corrected chi connectivity index (χ2v) is 5.12. The van der Waals surface area contributed by atoms with Gasteiger partial charge < -0.3 is 9.53 Å². The maximum Gasteiger partial charge on any atom is 0.169 e. The van der Waals surface area contributed by atoms with Crippen LogP contribution < -0.4 is 4.74 Å². The zero-order valence-corrected chi connectivity index (χ0v) is 10.9. The van der Waals surface area contributed by atoms with Crippen LogP contribution in [0.25, 0.3) is 0 Å². The fourth-order valence-electron chi connectivity index (χ4n) is 2.59. The molecule has 18 heavy (non-hydrogen) atoms. The molecule has 0 unspecified atom stereocenters. The van der Waals surface area contributed by atoms with Gasteiger partial charge in [-0.15, -0.1) is 0 Å². The number of rotatable bonds is 4. The summed E-state index contributed by atoms with van der Waals surface area (Å²) in [6, 6.07) is 5.60. The molecule has 2 rings (SSSR count). The minimum absolute atomic E-state index is 0.160. The van der Waals surface area contributed by atoms with Crippen LogP contribution >= 0.6 is 0 Å². The van der Waals surface area contributed by atoms with Gasteiger partial charge in [0.2, 0.25) is 0 Å². The van der Waals surface area contributed by atoms with E-state index in [-0.39, 0.29) is 11.2 Å². The molecule has 96 valence electrons. The molecule has 0 spiro atoms. The summed E-state index contributed by atoms with van der Waals surface area (Å²) in [7, 11) is 1.63. The Morgan fingerprint density at radius 1 is 1.44 bits per heavy atom. The van der Waals surface area contributed by atoms with Gasteiger partial charge in [-0.25, -0.2) is 0 Å². The number of hydrogen-bond donors (Lipinski definition) is 0. The number of ether oxygens (including phenoxy) is 1. The van der Waals surface area contributed by atoms with Crippen LogP contribution in [0, 0.1) is 5.41 Å². The molecule has 0 bridgehead atoms. The molecular weight excluding hydrogens is 228 g/mol. The Labute approximate surface area is 107 Å². The third-order valence-electron chi connectivity index (χ3n) is 3.87. The SMILES string of the molecule is COc1ccc2c(c1)CC[C@@](C)(CCC=O)C2=O. The first-order valence-electron chi connectivity index (χ1n) is 6.26. The molecule has 0 heterocycles. The number of carbonyl (C=O) groups is 2. The van der Waals surface area contributed by atoms with Crippen molar-refractivity contribution in [3.05, 3.63) is 29.3 Å². The van der Waals surface area contributed by atoms with Crippen LogP contribution in [0.1, 0.15) is 42.1 Å². The Hall–Kier alpha value is -1.64. The van der Waals surface area contributed by atoms with Crippen LogP contribution in [0.4, 0.5) is 0 Å². The zero-order valence-electron chi connectivity index (χ0n) is 10.9. The van der Waals surface area contributed by atoms with E-state index in [4.69, 9.17) is 4.74 Å². The largest absolute Gasteiger partial charge is 0.497 e. The normalized spacial score (nSPS) is 22.4. The molecule has 0 radical (unpaired) electrons. The molecule has 1 aromatic rings. The van der Waals surface area contributed by atoms with Gasteiger partial charge in [0.1, 0.15) is 12.0 Å². The predicted octanol–water partition coefficient (Wildman–Crippen LogP) is 2.81. The van der Waals surface area contributed by atoms with Gasteiger partial charge in [-0.05, 0) is 43.0 Å². The zero-order chi connectivity index (χ0) is 13.2. The smallest absolute Gasteiger partial charge is 0.169 e. The fourth-order valence-corrected chi connectivity index (χ4v) is 2.59. The van der Waals surface area contributed by atoms with Crippen LogP contribution in [0.15, 0.2) is 18.2 Å². The average molecular weight is 246 g/mol. The summed E-state index contributed by atoms with van der Waals surface area (Å²) >= 11 is 0. The second kappa shape index (κ2) is 4.92. The molecule has 0 amide bonds. The highest BCUT2D eigenvalue weighted by molar-refractivity contribution is 6.02. The van der Waals surface area contributed by atoms with Gasteiger partial charge in [-0.1, -0.05) is 6.92 Å². The van der Waals surface area contributed by atoms with Crippen molar-refractivity contribution >= 4 is 12.1 Å². The number of aldehydes is 1. The van der Waals surface area contributed by atoms with Crippen molar-refractivity contribution in [3.63, 3.8) is 0 Å². The van der Waals surface area contributed by atoms with Crippen molar-refractivity contribution in [3.8, 4) is 5.75 Å². The number of methoxy groups -OCH3 is 1. The van der Waals surface area contributed by atoms with E-state index < -0.39 is 0 Å². The van der Waals surface area contributed by atoms with Crippen molar-refractivity contribution in [1.29, 1.82) is 0 Å². The third-order valence-corrected chi connectivity index (χ3v) is 3.87. The Kier molecular flexibility index (Phi) is 3.50. The predicted molar refractivity (Wildman–Crippen MR) is 69.1 cm³/mol. The lowest BCUT2D eigenvalue weighted by molar-refractivity contribution is -0.108. The first-order chi connectivity index (χ1) is 8.60. The number of Topliss-reactive ketones (excluding diaryl/α,β-unsaturated/α-hetero) is 1. The molecule has 1 aromatic carbocycles. The highest BCUT2D eigenvalue weighted by Crippen LogP contribution is 2.39. The Morgan fingerprint density at radius 2 is 2.22 bits per heavy atom. The van der Waals surface area contributed by atoms with Crippen molar-refractivity contribution < 1.29 is 14.3 Å². The van der Waals surface area contributed by atoms with Gasteiger partial charge in [0.25, 0.3) is 0 Å². The molecule has 1 atom stereocenters. The molecule has 0 aromatic heterocycles. The van der Waals surface area contributed by atoms with E-state index in [1.807, 2.05) is 25.1 Å². The second-order valence-electron chi connectivity index (χ2n) is 5.12. The Bertz CT molecular complexity index is 479. The summed E-state index contributed by atoms with van der Waals surface area (Å²) in [6.07, 6.45) is 3.66. The van der Waals surface area contributed by atoms with Crippen LogP contribution in [0.2, 0.25) is 0 Å². The summed E-state index contributed by atoms with van der Waals surface area (Å²) < 4.78 is 5.17. The standard InChI is InChI=1S/C15H18O3/c1-15(7-3-9-16)8-6-11-10-12(18-2)4-5-13(11)14(15)17/h4-5,9-10H,3,6-8H2,1-2H3/t15-/m1/s1. The lowest BCUT2D eigenvalue weighted by Gasteiger charge is -2.33. The molecule has 0 N–H and O–H groups in total. The molecular formula is C15H18O3. The van der Waals surface area contributed by atoms with E-state index in [1.54, 1.807) is 7.11 Å². The topological polar surface area (TPSA) is 43.4 Å². The highest BCUT2D eigenvalue weighted by Gasteiger charge is 2.37. The fraction of sp³-hybridized carbons (Fsp3) is 0.467. The first-order valence-corrected chi connectivity index (χ1v) is 6.26. The maximum atomic E-state index is 12.5. The lowest BCUT2D eigenvalue weighted by atomic mass is 9.69. The molecule has 0 saturated heterocycles. The number of fused-ring (bicyclic) bond motifs is 1. The van der Waals surface area contributed by atoms with Gasteiger partial charge in [0, 0.05) is 17.4 Å². The number of ketones is 1. The molecule has 1 aliphatic carbocycles. The minimum Gasteiger partial charge on any atom is -0.497 e. The van der Waals surface area contributed by atoms with Gasteiger partial charge >= 0.3 is 0 Å². The number of hydrogen-bond acceptors (Lipinski definition) is 3. The van der Waals surface area contributed by atoms with Gasteiger partial charge in [-0.3, -0.25) is 4.79 Å². The highest BCUT2D eigenvalue weighted by atomic mass is 16.5. The monoisotopic (exact) mass is 246 g/mol. The van der Waals surface area contributed by atoms with Gasteiger partial charge in [0.05, 0.1) is 7.11 Å². The van der Waals surface area contributed by atoms with E-state index >= 15 is 0 Å². The molecule has 1 aliphatic rings. The number of benzene rings is 1. The summed E-state index contributed by atoms with van der Waals surface area (Å²) in [4.78, 5) is 23.0. The summed E-state index contributed by atoms with van der Waals surface area (Å²) in [5, 5.41) is 0. The number of aryl methyl sites for hydroxylation is 1. The van der Waals surface area contributed by atoms with Crippen molar-refractivity contribution in [2.45, 2.75) is 32.6 Å². The third kappa shape index (κ3) is 2.17. The number of carbonyl (C=O) groups excluding carboxylic acids is 2. The van der Waals surface area contributed by atoms with E-state index in [0.717, 1.165) is 36.0 Å². The molecule has 3 nitrogen and oxygen atoms in total. The van der Waals surface area contributed by atoms with Crippen molar-refractivity contribution in [1.82, 2.24) is 0 Å². The van der Waals surface area contributed by atoms with E-state index in [0.29, 0.717) is 12.8 Å². The Morgan fingerprint density at radius 3 is 2.89 bits per heavy atom. The summed E-state index contributed by atoms with van der Waals surface area (Å²) in [5.74, 6) is 0.950. The quantitative estimate of drug-likeness (QED) is 0.767.